The van der Waals surface area contributed by atoms with Gasteiger partial charge in [0.05, 0.1) is 11.0 Å². The van der Waals surface area contributed by atoms with Crippen LogP contribution in [0, 0.1) is 0 Å². The number of hydrogen-bond acceptors (Lipinski definition) is 4. The quantitative estimate of drug-likeness (QED) is 0.729. The van der Waals surface area contributed by atoms with Crippen LogP contribution in [0.15, 0.2) is 6.20 Å². The van der Waals surface area contributed by atoms with Crippen LogP contribution < -0.4 is 4.90 Å². The minimum Gasteiger partial charge on any atom is -0.388 e. The highest BCUT2D eigenvalue weighted by atomic mass is 32.1. The topological polar surface area (TPSA) is 36.4 Å². The summed E-state index contributed by atoms with van der Waals surface area (Å²) in [7, 11) is 3.87. The molecule has 0 bridgehead atoms. The van der Waals surface area contributed by atoms with Crippen molar-refractivity contribution in [2.45, 2.75) is 13.0 Å². The van der Waals surface area contributed by atoms with Crippen LogP contribution in [0.3, 0.4) is 0 Å². The smallest absolute Gasteiger partial charge is 0.185 e. The third-order valence-corrected chi connectivity index (χ3v) is 2.64. The molecule has 3 nitrogen and oxygen atoms in total. The molecule has 0 saturated heterocycles. The summed E-state index contributed by atoms with van der Waals surface area (Å²) in [6.45, 7) is 1.74. The first-order chi connectivity index (χ1) is 5.11. The molecule has 0 radical (unpaired) electrons. The minimum atomic E-state index is -0.402. The van der Waals surface area contributed by atoms with E-state index in [-0.39, 0.29) is 0 Å². The van der Waals surface area contributed by atoms with Crippen molar-refractivity contribution >= 4 is 16.5 Å². The number of nitrogens with zero attached hydrogens (tertiary/aromatic N) is 2. The monoisotopic (exact) mass is 172 g/mol. The lowest BCUT2D eigenvalue weighted by molar-refractivity contribution is 0.203. The predicted octanol–water partition coefficient (Wildman–Crippen LogP) is 1.26. The van der Waals surface area contributed by atoms with E-state index in [2.05, 4.69) is 4.98 Å². The van der Waals surface area contributed by atoms with Gasteiger partial charge in [-0.2, -0.15) is 0 Å². The van der Waals surface area contributed by atoms with E-state index in [1.54, 1.807) is 13.1 Å². The molecule has 0 aromatic carbocycles. The van der Waals surface area contributed by atoms with Crippen LogP contribution >= 0.6 is 11.3 Å². The molecule has 1 unspecified atom stereocenters. The highest BCUT2D eigenvalue weighted by Crippen LogP contribution is 2.25. The van der Waals surface area contributed by atoms with Crippen LogP contribution in [-0.2, 0) is 0 Å². The molecule has 0 fully saturated rings. The molecule has 4 heteroatoms. The molecular formula is C7H12N2OS. The lowest BCUT2D eigenvalue weighted by Gasteiger charge is -2.05. The van der Waals surface area contributed by atoms with Crippen molar-refractivity contribution in [2.75, 3.05) is 19.0 Å². The van der Waals surface area contributed by atoms with Crippen molar-refractivity contribution in [1.82, 2.24) is 4.98 Å². The average Bonchev–Trinajstić information content (AvgIpc) is 2.33. The summed E-state index contributed by atoms with van der Waals surface area (Å²) in [4.78, 5) is 6.96. The summed E-state index contributed by atoms with van der Waals surface area (Å²) in [5.41, 5.74) is 0. The Morgan fingerprint density at radius 2 is 2.27 bits per heavy atom. The van der Waals surface area contributed by atoms with Gasteiger partial charge in [-0.3, -0.25) is 0 Å². The van der Waals surface area contributed by atoms with Gasteiger partial charge in [0.2, 0.25) is 0 Å². The van der Waals surface area contributed by atoms with Crippen molar-refractivity contribution in [3.8, 4) is 0 Å². The molecule has 11 heavy (non-hydrogen) atoms. The molecule has 0 saturated carbocycles. The molecule has 1 rings (SSSR count). The number of anilines is 1. The van der Waals surface area contributed by atoms with Crippen molar-refractivity contribution in [1.29, 1.82) is 0 Å². The Labute approximate surface area is 70.3 Å². The van der Waals surface area contributed by atoms with Crippen LogP contribution in [0.2, 0.25) is 0 Å². The molecule has 1 atom stereocenters. The predicted molar refractivity (Wildman–Crippen MR) is 47.1 cm³/mol. The van der Waals surface area contributed by atoms with Gasteiger partial charge in [-0.15, -0.1) is 0 Å². The van der Waals surface area contributed by atoms with Gasteiger partial charge in [0.25, 0.3) is 0 Å². The van der Waals surface area contributed by atoms with E-state index in [9.17, 15) is 5.11 Å². The molecule has 1 heterocycles. The van der Waals surface area contributed by atoms with Gasteiger partial charge >= 0.3 is 0 Å². The van der Waals surface area contributed by atoms with E-state index in [1.807, 2.05) is 19.0 Å². The van der Waals surface area contributed by atoms with Crippen LogP contribution in [0.5, 0.6) is 0 Å². The summed E-state index contributed by atoms with van der Waals surface area (Å²) >= 11 is 1.51. The Bertz CT molecular complexity index is 210. The number of aromatic nitrogens is 1. The van der Waals surface area contributed by atoms with Crippen LogP contribution in [0.25, 0.3) is 0 Å². The number of rotatable bonds is 2. The highest BCUT2D eigenvalue weighted by molar-refractivity contribution is 7.15. The molecule has 1 aromatic rings. The number of thiazole rings is 1. The van der Waals surface area contributed by atoms with Gasteiger partial charge in [0.15, 0.2) is 5.13 Å². The minimum absolute atomic E-state index is 0.402. The zero-order valence-electron chi connectivity index (χ0n) is 6.90. The van der Waals surface area contributed by atoms with E-state index in [0.29, 0.717) is 0 Å². The Morgan fingerprint density at radius 1 is 1.64 bits per heavy atom. The SMILES string of the molecule is CC(O)c1cnc(N(C)C)s1. The molecule has 0 amide bonds. The summed E-state index contributed by atoms with van der Waals surface area (Å²) in [6, 6.07) is 0. The van der Waals surface area contributed by atoms with Gasteiger partial charge < -0.3 is 10.0 Å². The second-order valence-electron chi connectivity index (χ2n) is 2.62. The maximum atomic E-state index is 9.17. The second-order valence-corrected chi connectivity index (χ2v) is 3.66. The third kappa shape index (κ3) is 1.91. The van der Waals surface area contributed by atoms with E-state index in [1.165, 1.54) is 11.3 Å². The number of aliphatic hydroxyl groups is 1. The Kier molecular flexibility index (Phi) is 2.46. The summed E-state index contributed by atoms with van der Waals surface area (Å²) in [5, 5.41) is 10.1. The first-order valence-corrected chi connectivity index (χ1v) is 4.24. The summed E-state index contributed by atoms with van der Waals surface area (Å²) in [5.74, 6) is 0. The number of hydrogen-bond donors (Lipinski definition) is 1. The zero-order chi connectivity index (χ0) is 8.43. The lowest BCUT2D eigenvalue weighted by atomic mass is 10.4. The van der Waals surface area contributed by atoms with Gasteiger partial charge in [0.1, 0.15) is 0 Å². The summed E-state index contributed by atoms with van der Waals surface area (Å²) < 4.78 is 0. The van der Waals surface area contributed by atoms with Gasteiger partial charge in [-0.05, 0) is 6.92 Å². The molecular weight excluding hydrogens is 160 g/mol. The van der Waals surface area contributed by atoms with Crippen molar-refractivity contribution in [3.63, 3.8) is 0 Å². The van der Waals surface area contributed by atoms with Crippen molar-refractivity contribution < 1.29 is 5.11 Å². The second kappa shape index (κ2) is 3.19. The fraction of sp³-hybridized carbons (Fsp3) is 0.571. The van der Waals surface area contributed by atoms with E-state index >= 15 is 0 Å². The molecule has 1 aromatic heterocycles. The van der Waals surface area contributed by atoms with E-state index < -0.39 is 6.10 Å². The standard InChI is InChI=1S/C7H12N2OS/c1-5(10)6-4-8-7(11-6)9(2)3/h4-5,10H,1-3H3. The molecule has 1 N–H and O–H groups in total. The van der Waals surface area contributed by atoms with Crippen LogP contribution in [-0.4, -0.2) is 24.2 Å². The normalized spacial score (nSPS) is 13.1. The van der Waals surface area contributed by atoms with Crippen molar-refractivity contribution in [3.05, 3.63) is 11.1 Å². The highest BCUT2D eigenvalue weighted by Gasteiger charge is 2.06. The fourth-order valence-corrected chi connectivity index (χ4v) is 1.45. The first-order valence-electron chi connectivity index (χ1n) is 3.42. The Morgan fingerprint density at radius 3 is 2.55 bits per heavy atom. The molecule has 0 aliphatic rings. The van der Waals surface area contributed by atoms with E-state index in [4.69, 9.17) is 0 Å². The maximum absolute atomic E-state index is 9.17. The van der Waals surface area contributed by atoms with Crippen LogP contribution in [0.1, 0.15) is 17.9 Å². The van der Waals surface area contributed by atoms with E-state index in [0.717, 1.165) is 10.0 Å². The third-order valence-electron chi connectivity index (χ3n) is 1.31. The number of aliphatic hydroxyl groups excluding tert-OH is 1. The Balaban J connectivity index is 2.82. The van der Waals surface area contributed by atoms with Gasteiger partial charge in [0, 0.05) is 20.3 Å². The van der Waals surface area contributed by atoms with Gasteiger partial charge in [-0.25, -0.2) is 4.98 Å². The first kappa shape index (κ1) is 8.49. The zero-order valence-corrected chi connectivity index (χ0v) is 7.72. The average molecular weight is 172 g/mol. The van der Waals surface area contributed by atoms with Crippen molar-refractivity contribution in [2.24, 2.45) is 0 Å². The molecule has 62 valence electrons. The molecule has 0 aliphatic carbocycles. The maximum Gasteiger partial charge on any atom is 0.185 e. The van der Waals surface area contributed by atoms with Crippen LogP contribution in [0.4, 0.5) is 5.13 Å². The molecule has 0 spiro atoms. The van der Waals surface area contributed by atoms with Gasteiger partial charge in [-0.1, -0.05) is 11.3 Å². The lowest BCUT2D eigenvalue weighted by Crippen LogP contribution is -2.07. The Hall–Kier alpha value is -0.610. The molecule has 0 aliphatic heterocycles. The largest absolute Gasteiger partial charge is 0.388 e. The fourth-order valence-electron chi connectivity index (χ4n) is 0.677. The summed E-state index contributed by atoms with van der Waals surface area (Å²) in [6.07, 6.45) is 1.31.